The second-order valence-electron chi connectivity index (χ2n) is 8.48. The van der Waals surface area contributed by atoms with Crippen molar-refractivity contribution in [2.75, 3.05) is 11.2 Å². The SMILES string of the molecule is CC12CC3CC(C)(C1)CC(Nc1nnc(CCCl)o1)(C3)C2. The summed E-state index contributed by atoms with van der Waals surface area (Å²) in [4.78, 5) is 0. The van der Waals surface area contributed by atoms with Crippen LogP contribution >= 0.6 is 11.6 Å². The number of rotatable bonds is 4. The molecule has 2 atom stereocenters. The molecule has 1 heterocycles. The Morgan fingerprint density at radius 1 is 1.14 bits per heavy atom. The fourth-order valence-electron chi connectivity index (χ4n) is 6.30. The van der Waals surface area contributed by atoms with E-state index in [0.717, 1.165) is 5.92 Å². The summed E-state index contributed by atoms with van der Waals surface area (Å²) in [6.45, 7) is 4.94. The zero-order valence-corrected chi connectivity index (χ0v) is 13.7. The molecule has 2 unspecified atom stereocenters. The summed E-state index contributed by atoms with van der Waals surface area (Å²) in [5.74, 6) is 2.01. The minimum absolute atomic E-state index is 0.160. The zero-order valence-electron chi connectivity index (χ0n) is 12.9. The molecule has 1 N–H and O–H groups in total. The molecule has 4 bridgehead atoms. The molecule has 0 saturated heterocycles. The van der Waals surface area contributed by atoms with Crippen LogP contribution in [0.25, 0.3) is 0 Å². The van der Waals surface area contributed by atoms with Crippen molar-refractivity contribution in [2.45, 2.75) is 64.3 Å². The molecule has 5 heteroatoms. The summed E-state index contributed by atoms with van der Waals surface area (Å²) in [6, 6.07) is 0.587. The lowest BCUT2D eigenvalue weighted by Crippen LogP contribution is -2.61. The molecule has 4 aliphatic rings. The topological polar surface area (TPSA) is 51.0 Å². The van der Waals surface area contributed by atoms with Crippen LogP contribution in [0.4, 0.5) is 6.01 Å². The summed E-state index contributed by atoms with van der Waals surface area (Å²) in [6.07, 6.45) is 8.53. The second kappa shape index (κ2) is 4.37. The maximum Gasteiger partial charge on any atom is 0.315 e. The average Bonchev–Trinajstić information content (AvgIpc) is 2.71. The lowest BCUT2D eigenvalue weighted by molar-refractivity contribution is -0.0978. The maximum absolute atomic E-state index is 5.73. The molecule has 0 amide bonds. The Kier molecular flexibility index (Phi) is 2.89. The number of aryl methyl sites for hydroxylation is 1. The van der Waals surface area contributed by atoms with E-state index in [2.05, 4.69) is 29.4 Å². The quantitative estimate of drug-likeness (QED) is 0.854. The molecular weight excluding hydrogens is 286 g/mol. The van der Waals surface area contributed by atoms with Gasteiger partial charge in [-0.05, 0) is 55.3 Å². The van der Waals surface area contributed by atoms with Crippen molar-refractivity contribution in [1.82, 2.24) is 10.2 Å². The molecule has 1 aromatic heterocycles. The summed E-state index contributed by atoms with van der Waals surface area (Å²) < 4.78 is 5.71. The molecule has 4 aliphatic carbocycles. The minimum atomic E-state index is 0.160. The van der Waals surface area contributed by atoms with Gasteiger partial charge < -0.3 is 9.73 Å². The molecule has 0 spiro atoms. The van der Waals surface area contributed by atoms with Crippen molar-refractivity contribution in [3.8, 4) is 0 Å². The van der Waals surface area contributed by atoms with Gasteiger partial charge in [-0.1, -0.05) is 18.9 Å². The molecular formula is C16H24ClN3O. The summed E-state index contributed by atoms with van der Waals surface area (Å²) >= 11 is 5.73. The van der Waals surface area contributed by atoms with E-state index >= 15 is 0 Å². The van der Waals surface area contributed by atoms with Crippen molar-refractivity contribution < 1.29 is 4.42 Å². The van der Waals surface area contributed by atoms with Gasteiger partial charge >= 0.3 is 6.01 Å². The van der Waals surface area contributed by atoms with E-state index in [0.29, 0.717) is 35.0 Å². The van der Waals surface area contributed by atoms with E-state index in [4.69, 9.17) is 16.0 Å². The van der Waals surface area contributed by atoms with E-state index < -0.39 is 0 Å². The van der Waals surface area contributed by atoms with Gasteiger partial charge in [0.25, 0.3) is 0 Å². The first-order valence-electron chi connectivity index (χ1n) is 8.08. The standard InChI is InChI=1S/C16H24ClN3O/c1-14-5-11-6-15(2,8-14)10-16(7-11,9-14)18-13-20-19-12(21-13)3-4-17/h11H,3-10H2,1-2H3,(H,18,20). The van der Waals surface area contributed by atoms with Gasteiger partial charge in [-0.2, -0.15) is 0 Å². The number of anilines is 1. The fourth-order valence-corrected chi connectivity index (χ4v) is 6.46. The number of nitrogens with zero attached hydrogens (tertiary/aromatic N) is 2. The number of aromatic nitrogens is 2. The average molecular weight is 310 g/mol. The second-order valence-corrected chi connectivity index (χ2v) is 8.85. The Morgan fingerprint density at radius 2 is 1.86 bits per heavy atom. The van der Waals surface area contributed by atoms with Crippen molar-refractivity contribution in [3.05, 3.63) is 5.89 Å². The molecule has 0 radical (unpaired) electrons. The molecule has 21 heavy (non-hydrogen) atoms. The molecule has 1 aromatic rings. The monoisotopic (exact) mass is 309 g/mol. The van der Waals surface area contributed by atoms with Crippen molar-refractivity contribution in [1.29, 1.82) is 0 Å². The van der Waals surface area contributed by atoms with Gasteiger partial charge in [0.15, 0.2) is 0 Å². The maximum atomic E-state index is 5.73. The van der Waals surface area contributed by atoms with Crippen LogP contribution in [0.1, 0.15) is 58.3 Å². The minimum Gasteiger partial charge on any atom is -0.408 e. The normalized spacial score (nSPS) is 44.2. The van der Waals surface area contributed by atoms with Crippen LogP contribution in [0.5, 0.6) is 0 Å². The Labute approximate surface area is 131 Å². The largest absolute Gasteiger partial charge is 0.408 e. The van der Waals surface area contributed by atoms with E-state index in [1.165, 1.54) is 38.5 Å². The number of alkyl halides is 1. The van der Waals surface area contributed by atoms with E-state index in [1.807, 2.05) is 0 Å². The smallest absolute Gasteiger partial charge is 0.315 e. The van der Waals surface area contributed by atoms with Gasteiger partial charge in [0.1, 0.15) is 0 Å². The highest BCUT2D eigenvalue weighted by Crippen LogP contribution is 2.66. The van der Waals surface area contributed by atoms with Crippen LogP contribution in [0, 0.1) is 16.7 Å². The van der Waals surface area contributed by atoms with Gasteiger partial charge in [0.05, 0.1) is 0 Å². The van der Waals surface area contributed by atoms with Crippen LogP contribution in [-0.4, -0.2) is 21.6 Å². The van der Waals surface area contributed by atoms with Crippen LogP contribution in [0.15, 0.2) is 4.42 Å². The Bertz CT molecular complexity index is 539. The zero-order chi connectivity index (χ0) is 14.7. The third-order valence-electron chi connectivity index (χ3n) is 5.77. The molecule has 4 saturated carbocycles. The van der Waals surface area contributed by atoms with E-state index in [1.54, 1.807) is 0 Å². The third-order valence-corrected chi connectivity index (χ3v) is 5.96. The molecule has 5 rings (SSSR count). The van der Waals surface area contributed by atoms with E-state index in [9.17, 15) is 0 Å². The predicted octanol–water partition coefficient (Wildman–Crippen LogP) is 4.01. The third kappa shape index (κ3) is 2.36. The Morgan fingerprint density at radius 3 is 2.48 bits per heavy atom. The highest BCUT2D eigenvalue weighted by atomic mass is 35.5. The molecule has 4 fully saturated rings. The first kappa shape index (κ1) is 13.9. The number of hydrogen-bond acceptors (Lipinski definition) is 4. The number of hydrogen-bond donors (Lipinski definition) is 1. The van der Waals surface area contributed by atoms with Crippen LogP contribution in [0.3, 0.4) is 0 Å². The Balaban J connectivity index is 1.59. The van der Waals surface area contributed by atoms with Crippen LogP contribution in [0.2, 0.25) is 0 Å². The summed E-state index contributed by atoms with van der Waals surface area (Å²) in [7, 11) is 0. The summed E-state index contributed by atoms with van der Waals surface area (Å²) in [5, 5.41) is 11.9. The fraction of sp³-hybridized carbons (Fsp3) is 0.875. The molecule has 4 nitrogen and oxygen atoms in total. The van der Waals surface area contributed by atoms with Crippen molar-refractivity contribution in [3.63, 3.8) is 0 Å². The van der Waals surface area contributed by atoms with Crippen LogP contribution < -0.4 is 5.32 Å². The van der Waals surface area contributed by atoms with Crippen molar-refractivity contribution in [2.24, 2.45) is 16.7 Å². The van der Waals surface area contributed by atoms with Gasteiger partial charge in [0.2, 0.25) is 5.89 Å². The Hall–Kier alpha value is -0.770. The molecule has 0 aliphatic heterocycles. The van der Waals surface area contributed by atoms with Crippen LogP contribution in [-0.2, 0) is 6.42 Å². The lowest BCUT2D eigenvalue weighted by Gasteiger charge is -2.65. The van der Waals surface area contributed by atoms with Gasteiger partial charge in [-0.25, -0.2) is 0 Å². The predicted molar refractivity (Wildman–Crippen MR) is 82.5 cm³/mol. The molecule has 0 aromatic carbocycles. The number of halogens is 1. The lowest BCUT2D eigenvalue weighted by atomic mass is 9.43. The van der Waals surface area contributed by atoms with Crippen molar-refractivity contribution >= 4 is 17.6 Å². The van der Waals surface area contributed by atoms with Gasteiger partial charge in [-0.15, -0.1) is 16.7 Å². The molecule has 116 valence electrons. The highest BCUT2D eigenvalue weighted by molar-refractivity contribution is 6.17. The first-order valence-corrected chi connectivity index (χ1v) is 8.62. The number of nitrogens with one attached hydrogen (secondary N) is 1. The highest BCUT2D eigenvalue weighted by Gasteiger charge is 2.60. The van der Waals surface area contributed by atoms with Gasteiger partial charge in [0, 0.05) is 17.8 Å². The summed E-state index contributed by atoms with van der Waals surface area (Å²) in [5.41, 5.74) is 1.13. The van der Waals surface area contributed by atoms with E-state index in [-0.39, 0.29) is 5.54 Å². The first-order chi connectivity index (χ1) is 9.92. The van der Waals surface area contributed by atoms with Gasteiger partial charge in [-0.3, -0.25) is 0 Å².